The van der Waals surface area contributed by atoms with Gasteiger partial charge in [0.25, 0.3) is 0 Å². The zero-order chi connectivity index (χ0) is 13.2. The highest BCUT2D eigenvalue weighted by Crippen LogP contribution is 2.29. The molecule has 0 aliphatic carbocycles. The van der Waals surface area contributed by atoms with Crippen LogP contribution in [0.4, 0.5) is 0 Å². The van der Waals surface area contributed by atoms with E-state index in [9.17, 15) is 0 Å². The summed E-state index contributed by atoms with van der Waals surface area (Å²) in [6.45, 7) is 1.98. The molecule has 2 heterocycles. The maximum Gasteiger partial charge on any atom is 0.102 e. The number of rotatable bonds is 3. The van der Waals surface area contributed by atoms with E-state index in [1.165, 1.54) is 5.39 Å². The first-order chi connectivity index (χ1) is 9.22. The maximum absolute atomic E-state index is 5.89. The van der Waals surface area contributed by atoms with Gasteiger partial charge in [-0.05, 0) is 36.8 Å². The Kier molecular flexibility index (Phi) is 3.27. The highest BCUT2D eigenvalue weighted by molar-refractivity contribution is 7.99. The number of H-pyrrole nitrogens is 1. The number of nitrogens with zero attached hydrogens (tertiary/aromatic N) is 1. The van der Waals surface area contributed by atoms with Gasteiger partial charge in [-0.1, -0.05) is 30.0 Å². The summed E-state index contributed by atoms with van der Waals surface area (Å²) in [5.74, 6) is 0. The highest BCUT2D eigenvalue weighted by atomic mass is 32.2. The lowest BCUT2D eigenvalue weighted by atomic mass is 10.1. The number of fused-ring (bicyclic) bond motifs is 1. The molecule has 96 valence electrons. The number of hydrogen-bond acceptors (Lipinski definition) is 3. The molecular weight excluding hydrogens is 254 g/mol. The second-order valence-electron chi connectivity index (χ2n) is 4.54. The Labute approximate surface area is 116 Å². The largest absolute Gasteiger partial charge is 0.349 e. The van der Waals surface area contributed by atoms with Crippen LogP contribution in [-0.4, -0.2) is 9.97 Å². The SMILES string of the molecule is CC(N)c1ccnc(Sc2cc3ccccc3[nH]2)c1. The number of hydrogen-bond donors (Lipinski definition) is 2. The molecule has 2 aromatic heterocycles. The van der Waals surface area contributed by atoms with E-state index in [2.05, 4.69) is 28.2 Å². The number of benzene rings is 1. The van der Waals surface area contributed by atoms with Crippen LogP contribution in [0.15, 0.2) is 58.7 Å². The van der Waals surface area contributed by atoms with E-state index < -0.39 is 0 Å². The summed E-state index contributed by atoms with van der Waals surface area (Å²) in [7, 11) is 0. The first-order valence-corrected chi connectivity index (χ1v) is 7.01. The number of nitrogens with one attached hydrogen (secondary N) is 1. The molecule has 0 radical (unpaired) electrons. The predicted molar refractivity (Wildman–Crippen MR) is 79.3 cm³/mol. The van der Waals surface area contributed by atoms with Crippen LogP contribution < -0.4 is 5.73 Å². The van der Waals surface area contributed by atoms with Gasteiger partial charge in [0.2, 0.25) is 0 Å². The number of para-hydroxylation sites is 1. The molecule has 0 saturated heterocycles. The molecule has 0 amide bonds. The van der Waals surface area contributed by atoms with Crippen molar-refractivity contribution in [2.45, 2.75) is 23.0 Å². The lowest BCUT2D eigenvalue weighted by Gasteiger charge is -2.06. The van der Waals surface area contributed by atoms with E-state index in [4.69, 9.17) is 5.73 Å². The fourth-order valence-electron chi connectivity index (χ4n) is 1.98. The monoisotopic (exact) mass is 269 g/mol. The minimum absolute atomic E-state index is 0.0325. The van der Waals surface area contributed by atoms with Crippen molar-refractivity contribution >= 4 is 22.7 Å². The van der Waals surface area contributed by atoms with Crippen molar-refractivity contribution in [3.8, 4) is 0 Å². The Hall–Kier alpha value is -1.78. The van der Waals surface area contributed by atoms with Crippen LogP contribution in [0.25, 0.3) is 10.9 Å². The highest BCUT2D eigenvalue weighted by Gasteiger charge is 2.05. The molecule has 0 aliphatic heterocycles. The van der Waals surface area contributed by atoms with Crippen molar-refractivity contribution in [2.24, 2.45) is 5.73 Å². The number of nitrogens with two attached hydrogens (primary N) is 1. The van der Waals surface area contributed by atoms with E-state index in [0.29, 0.717) is 0 Å². The van der Waals surface area contributed by atoms with Gasteiger partial charge >= 0.3 is 0 Å². The molecule has 1 unspecified atom stereocenters. The van der Waals surface area contributed by atoms with Gasteiger partial charge in [-0.25, -0.2) is 4.98 Å². The Bertz CT molecular complexity index is 670. The van der Waals surface area contributed by atoms with Gasteiger partial charge in [0.1, 0.15) is 5.03 Å². The summed E-state index contributed by atoms with van der Waals surface area (Å²) in [5, 5.41) is 3.27. The summed E-state index contributed by atoms with van der Waals surface area (Å²) in [6.07, 6.45) is 1.81. The molecule has 3 aromatic rings. The quantitative estimate of drug-likeness (QED) is 0.761. The first kappa shape index (κ1) is 12.3. The van der Waals surface area contributed by atoms with Crippen LogP contribution in [0.2, 0.25) is 0 Å². The van der Waals surface area contributed by atoms with E-state index in [0.717, 1.165) is 21.1 Å². The number of aromatic nitrogens is 2. The third kappa shape index (κ3) is 2.64. The average molecular weight is 269 g/mol. The van der Waals surface area contributed by atoms with Crippen LogP contribution in [0.5, 0.6) is 0 Å². The van der Waals surface area contributed by atoms with Crippen molar-refractivity contribution in [1.82, 2.24) is 9.97 Å². The Morgan fingerprint density at radius 1 is 1.21 bits per heavy atom. The molecular formula is C15H15N3S. The summed E-state index contributed by atoms with van der Waals surface area (Å²) < 4.78 is 0. The van der Waals surface area contributed by atoms with E-state index in [1.807, 2.05) is 37.4 Å². The normalized spacial score (nSPS) is 12.7. The molecule has 1 aromatic carbocycles. The second kappa shape index (κ2) is 5.07. The maximum atomic E-state index is 5.89. The van der Waals surface area contributed by atoms with Crippen molar-refractivity contribution in [3.05, 3.63) is 54.2 Å². The standard InChI is InChI=1S/C15H15N3S/c1-10(16)11-6-7-17-14(8-11)19-15-9-12-4-2-3-5-13(12)18-15/h2-10,18H,16H2,1H3. The molecule has 0 aliphatic rings. The summed E-state index contributed by atoms with van der Waals surface area (Å²) in [5.41, 5.74) is 8.14. The topological polar surface area (TPSA) is 54.7 Å². The molecule has 4 heteroatoms. The van der Waals surface area contributed by atoms with Crippen LogP contribution in [-0.2, 0) is 0 Å². The summed E-state index contributed by atoms with van der Waals surface area (Å²) >= 11 is 1.62. The molecule has 3 N–H and O–H groups in total. The lowest BCUT2D eigenvalue weighted by molar-refractivity contribution is 0.808. The fraction of sp³-hybridized carbons (Fsp3) is 0.133. The molecule has 0 bridgehead atoms. The third-order valence-electron chi connectivity index (χ3n) is 3.00. The zero-order valence-corrected chi connectivity index (χ0v) is 11.4. The van der Waals surface area contributed by atoms with Crippen molar-refractivity contribution in [3.63, 3.8) is 0 Å². The molecule has 3 rings (SSSR count). The molecule has 19 heavy (non-hydrogen) atoms. The fourth-order valence-corrected chi connectivity index (χ4v) is 2.86. The number of aromatic amines is 1. The van der Waals surface area contributed by atoms with Gasteiger partial charge in [-0.15, -0.1) is 0 Å². The Morgan fingerprint density at radius 3 is 2.84 bits per heavy atom. The van der Waals surface area contributed by atoms with Gasteiger partial charge in [-0.2, -0.15) is 0 Å². The van der Waals surface area contributed by atoms with E-state index >= 15 is 0 Å². The summed E-state index contributed by atoms with van der Waals surface area (Å²) in [6, 6.07) is 14.4. The van der Waals surface area contributed by atoms with Gasteiger partial charge in [0.15, 0.2) is 0 Å². The van der Waals surface area contributed by atoms with Crippen molar-refractivity contribution in [2.75, 3.05) is 0 Å². The van der Waals surface area contributed by atoms with Crippen molar-refractivity contribution < 1.29 is 0 Å². The van der Waals surface area contributed by atoms with Gasteiger partial charge in [0.05, 0.1) is 5.03 Å². The van der Waals surface area contributed by atoms with Crippen LogP contribution in [0.1, 0.15) is 18.5 Å². The van der Waals surface area contributed by atoms with E-state index in [1.54, 1.807) is 11.8 Å². The molecule has 0 fully saturated rings. The molecule has 0 saturated carbocycles. The Balaban J connectivity index is 1.90. The van der Waals surface area contributed by atoms with Gasteiger partial charge in [0, 0.05) is 23.1 Å². The molecule has 0 spiro atoms. The zero-order valence-electron chi connectivity index (χ0n) is 10.6. The minimum atomic E-state index is 0.0325. The van der Waals surface area contributed by atoms with Crippen LogP contribution >= 0.6 is 11.8 Å². The smallest absolute Gasteiger partial charge is 0.102 e. The lowest BCUT2D eigenvalue weighted by Crippen LogP contribution is -2.04. The van der Waals surface area contributed by atoms with E-state index in [-0.39, 0.29) is 6.04 Å². The summed E-state index contributed by atoms with van der Waals surface area (Å²) in [4.78, 5) is 7.76. The first-order valence-electron chi connectivity index (χ1n) is 6.19. The average Bonchev–Trinajstić information content (AvgIpc) is 2.81. The van der Waals surface area contributed by atoms with Crippen LogP contribution in [0.3, 0.4) is 0 Å². The Morgan fingerprint density at radius 2 is 2.05 bits per heavy atom. The second-order valence-corrected chi connectivity index (χ2v) is 5.60. The van der Waals surface area contributed by atoms with Gasteiger partial charge < -0.3 is 10.7 Å². The third-order valence-corrected chi connectivity index (χ3v) is 3.88. The number of pyridine rings is 1. The van der Waals surface area contributed by atoms with Gasteiger partial charge in [-0.3, -0.25) is 0 Å². The minimum Gasteiger partial charge on any atom is -0.349 e. The van der Waals surface area contributed by atoms with Crippen LogP contribution in [0, 0.1) is 0 Å². The molecule has 3 nitrogen and oxygen atoms in total. The predicted octanol–water partition coefficient (Wildman–Crippen LogP) is 3.73. The van der Waals surface area contributed by atoms with Crippen molar-refractivity contribution in [1.29, 1.82) is 0 Å². The molecule has 1 atom stereocenters.